The Balaban J connectivity index is 1.41. The first-order valence-corrected chi connectivity index (χ1v) is 14.6. The fraction of sp³-hybridized carbons (Fsp3) is 0.333. The Kier molecular flexibility index (Phi) is 6.96. The van der Waals surface area contributed by atoms with Gasteiger partial charge in [-0.2, -0.15) is 0 Å². The van der Waals surface area contributed by atoms with E-state index in [1.165, 1.54) is 12.1 Å². The molecule has 2 amide bonds. The van der Waals surface area contributed by atoms with Crippen molar-refractivity contribution in [2.75, 3.05) is 6.54 Å². The third-order valence-electron chi connectivity index (χ3n) is 7.18. The average molecular weight is 524 g/mol. The first kappa shape index (κ1) is 24.7. The Morgan fingerprint density at radius 1 is 1.03 bits per heavy atom. The topological polar surface area (TPSA) is 110 Å². The van der Waals surface area contributed by atoms with Gasteiger partial charge in [0.05, 0.1) is 16.9 Å². The number of rotatable bonds is 7. The van der Waals surface area contributed by atoms with E-state index in [4.69, 9.17) is 5.14 Å². The molecule has 7 nitrogen and oxygen atoms in total. The highest BCUT2D eigenvalue weighted by Crippen LogP contribution is 2.47. The monoisotopic (exact) mass is 523 g/mol. The Bertz CT molecular complexity index is 1350. The highest BCUT2D eigenvalue weighted by atomic mass is 32.2. The van der Waals surface area contributed by atoms with Crippen molar-refractivity contribution >= 4 is 33.2 Å². The van der Waals surface area contributed by atoms with Gasteiger partial charge >= 0.3 is 0 Å². The normalized spacial score (nSPS) is 20.4. The summed E-state index contributed by atoms with van der Waals surface area (Å²) in [5, 5.41) is 10.3. The van der Waals surface area contributed by atoms with Crippen LogP contribution in [0.1, 0.15) is 64.0 Å². The van der Waals surface area contributed by atoms with Gasteiger partial charge in [0.2, 0.25) is 15.9 Å². The summed E-state index contributed by atoms with van der Waals surface area (Å²) >= 11 is 1.58. The molecule has 2 heterocycles. The van der Waals surface area contributed by atoms with E-state index in [0.717, 1.165) is 41.7 Å². The van der Waals surface area contributed by atoms with E-state index in [1.54, 1.807) is 23.5 Å². The van der Waals surface area contributed by atoms with Crippen LogP contribution in [0.25, 0.3) is 0 Å². The predicted octanol–water partition coefficient (Wildman–Crippen LogP) is 3.98. The molecule has 0 saturated heterocycles. The first-order valence-electron chi connectivity index (χ1n) is 12.2. The van der Waals surface area contributed by atoms with Crippen molar-refractivity contribution in [2.45, 2.75) is 55.0 Å². The van der Waals surface area contributed by atoms with Gasteiger partial charge in [-0.25, -0.2) is 13.6 Å². The SMILES string of the molecule is NS(=O)(=O)c1ccc(CCNC(=O)[C@H]2c3ccccc3C(=O)N(C3CCCC3)[C@@H]2c2cccs2)cc1. The van der Waals surface area contributed by atoms with Gasteiger partial charge in [-0.05, 0) is 60.0 Å². The molecule has 2 aromatic carbocycles. The number of nitrogens with one attached hydrogen (secondary N) is 1. The molecule has 188 valence electrons. The molecule has 3 aromatic rings. The minimum atomic E-state index is -3.74. The molecule has 5 rings (SSSR count). The summed E-state index contributed by atoms with van der Waals surface area (Å²) in [7, 11) is -3.74. The van der Waals surface area contributed by atoms with E-state index in [2.05, 4.69) is 5.32 Å². The molecule has 0 spiro atoms. The number of carbonyl (C=O) groups excluding carboxylic acids is 2. The summed E-state index contributed by atoms with van der Waals surface area (Å²) in [5.74, 6) is -0.615. The van der Waals surface area contributed by atoms with Crippen molar-refractivity contribution in [1.82, 2.24) is 10.2 Å². The standard InChI is InChI=1S/C27H29N3O4S2/c28-36(33,34)20-13-11-18(12-14-20)15-16-29-26(31)24-21-8-3-4-9-22(21)27(32)30(19-6-1-2-7-19)25(24)23-10-5-17-35-23/h3-5,8-14,17,19,24-25H,1-2,6-7,15-16H2,(H,29,31)(H2,28,33,34)/t24-,25+/m0/s1. The van der Waals surface area contributed by atoms with E-state index in [9.17, 15) is 18.0 Å². The van der Waals surface area contributed by atoms with Crippen molar-refractivity contribution in [3.8, 4) is 0 Å². The summed E-state index contributed by atoms with van der Waals surface area (Å²) in [5.41, 5.74) is 2.27. The van der Waals surface area contributed by atoms with Gasteiger partial charge in [0, 0.05) is 23.0 Å². The molecule has 0 bridgehead atoms. The number of hydrogen-bond donors (Lipinski definition) is 2. The van der Waals surface area contributed by atoms with E-state index in [0.29, 0.717) is 18.5 Å². The van der Waals surface area contributed by atoms with E-state index >= 15 is 0 Å². The van der Waals surface area contributed by atoms with E-state index < -0.39 is 15.9 Å². The summed E-state index contributed by atoms with van der Waals surface area (Å²) in [6.45, 7) is 0.390. The van der Waals surface area contributed by atoms with Crippen molar-refractivity contribution in [2.24, 2.45) is 5.14 Å². The van der Waals surface area contributed by atoms with Crippen LogP contribution < -0.4 is 10.5 Å². The number of benzene rings is 2. The van der Waals surface area contributed by atoms with Gasteiger partial charge < -0.3 is 10.2 Å². The van der Waals surface area contributed by atoms with Gasteiger partial charge in [-0.1, -0.05) is 49.2 Å². The van der Waals surface area contributed by atoms with Crippen molar-refractivity contribution in [1.29, 1.82) is 0 Å². The lowest BCUT2D eigenvalue weighted by molar-refractivity contribution is -0.124. The highest BCUT2D eigenvalue weighted by Gasteiger charge is 2.47. The second-order valence-electron chi connectivity index (χ2n) is 9.41. The quantitative estimate of drug-likeness (QED) is 0.488. The predicted molar refractivity (Wildman–Crippen MR) is 139 cm³/mol. The fourth-order valence-electron chi connectivity index (χ4n) is 5.47. The van der Waals surface area contributed by atoms with E-state index in [1.807, 2.05) is 46.7 Å². The third kappa shape index (κ3) is 4.83. The number of nitrogens with zero attached hydrogens (tertiary/aromatic N) is 1. The highest BCUT2D eigenvalue weighted by molar-refractivity contribution is 7.89. The maximum atomic E-state index is 13.8. The zero-order valence-corrected chi connectivity index (χ0v) is 21.4. The summed E-state index contributed by atoms with van der Waals surface area (Å²) < 4.78 is 23.0. The van der Waals surface area contributed by atoms with Gasteiger partial charge in [0.15, 0.2) is 0 Å². The molecular weight excluding hydrogens is 494 g/mol. The maximum absolute atomic E-state index is 13.8. The molecule has 2 aliphatic rings. The molecule has 1 aliphatic heterocycles. The number of primary sulfonamides is 1. The number of thiophene rings is 1. The molecule has 1 fully saturated rings. The molecule has 0 radical (unpaired) electrons. The summed E-state index contributed by atoms with van der Waals surface area (Å²) in [6, 6.07) is 17.6. The van der Waals surface area contributed by atoms with Crippen LogP contribution in [-0.2, 0) is 21.2 Å². The lowest BCUT2D eigenvalue weighted by atomic mass is 9.80. The second-order valence-corrected chi connectivity index (χ2v) is 11.9. The van der Waals surface area contributed by atoms with Crippen LogP contribution in [0.4, 0.5) is 0 Å². The number of hydrogen-bond acceptors (Lipinski definition) is 5. The molecule has 3 N–H and O–H groups in total. The minimum Gasteiger partial charge on any atom is -0.355 e. The Morgan fingerprint density at radius 3 is 2.42 bits per heavy atom. The zero-order valence-electron chi connectivity index (χ0n) is 19.8. The zero-order chi connectivity index (χ0) is 25.3. The van der Waals surface area contributed by atoms with Crippen molar-refractivity contribution in [3.05, 3.63) is 87.6 Å². The summed E-state index contributed by atoms with van der Waals surface area (Å²) in [4.78, 5) is 30.6. The van der Waals surface area contributed by atoms with Gasteiger partial charge in [-0.3, -0.25) is 9.59 Å². The Hall–Kier alpha value is -3.01. The fourth-order valence-corrected chi connectivity index (χ4v) is 6.84. The first-order chi connectivity index (χ1) is 17.3. The average Bonchev–Trinajstić information content (AvgIpc) is 3.58. The van der Waals surface area contributed by atoms with Crippen LogP contribution in [-0.4, -0.2) is 37.7 Å². The smallest absolute Gasteiger partial charge is 0.254 e. The molecule has 1 aliphatic carbocycles. The van der Waals surface area contributed by atoms with Crippen molar-refractivity contribution in [3.63, 3.8) is 0 Å². The minimum absolute atomic E-state index is 0.00916. The Labute approximate surface area is 215 Å². The van der Waals surface area contributed by atoms with Crippen LogP contribution in [0.3, 0.4) is 0 Å². The van der Waals surface area contributed by atoms with Crippen LogP contribution in [0.15, 0.2) is 70.9 Å². The largest absolute Gasteiger partial charge is 0.355 e. The van der Waals surface area contributed by atoms with Gasteiger partial charge in [0.1, 0.15) is 0 Å². The van der Waals surface area contributed by atoms with Crippen molar-refractivity contribution < 1.29 is 18.0 Å². The van der Waals surface area contributed by atoms with Crippen LogP contribution in [0, 0.1) is 0 Å². The van der Waals surface area contributed by atoms with Crippen LogP contribution >= 0.6 is 11.3 Å². The van der Waals surface area contributed by atoms with Crippen LogP contribution in [0.5, 0.6) is 0 Å². The molecule has 1 saturated carbocycles. The molecule has 9 heteroatoms. The number of amides is 2. The lowest BCUT2D eigenvalue weighted by Gasteiger charge is -2.44. The maximum Gasteiger partial charge on any atom is 0.254 e. The third-order valence-corrected chi connectivity index (χ3v) is 9.05. The molecule has 2 atom stereocenters. The second kappa shape index (κ2) is 10.2. The van der Waals surface area contributed by atoms with Crippen LogP contribution in [0.2, 0.25) is 0 Å². The Morgan fingerprint density at radius 2 is 1.75 bits per heavy atom. The number of fused-ring (bicyclic) bond motifs is 1. The van der Waals surface area contributed by atoms with E-state index in [-0.39, 0.29) is 28.8 Å². The van der Waals surface area contributed by atoms with Gasteiger partial charge in [0.25, 0.3) is 5.91 Å². The summed E-state index contributed by atoms with van der Waals surface area (Å²) in [6.07, 6.45) is 4.64. The molecular formula is C27H29N3O4S2. The number of sulfonamides is 1. The molecule has 36 heavy (non-hydrogen) atoms. The molecule has 0 unspecified atom stereocenters. The number of nitrogens with two attached hydrogens (primary N) is 1. The number of carbonyl (C=O) groups is 2. The molecule has 1 aromatic heterocycles. The van der Waals surface area contributed by atoms with Gasteiger partial charge in [-0.15, -0.1) is 11.3 Å². The lowest BCUT2D eigenvalue weighted by Crippen LogP contribution is -2.50.